The molecule has 4 aliphatic carbocycles. The van der Waals surface area contributed by atoms with Gasteiger partial charge < -0.3 is 9.84 Å². The fraction of sp³-hybridized carbons (Fsp3) is 0.786. The van der Waals surface area contributed by atoms with Gasteiger partial charge in [0.15, 0.2) is 5.78 Å². The molecule has 0 heterocycles. The second-order valence-electron chi connectivity index (χ2n) is 11.5. The van der Waals surface area contributed by atoms with Gasteiger partial charge in [-0.15, -0.1) is 0 Å². The highest BCUT2D eigenvalue weighted by molar-refractivity contribution is 5.91. The van der Waals surface area contributed by atoms with Crippen LogP contribution in [0.2, 0.25) is 0 Å². The molecule has 4 aliphatic rings. The van der Waals surface area contributed by atoms with E-state index in [1.807, 2.05) is 19.1 Å². The van der Waals surface area contributed by atoms with Crippen molar-refractivity contribution in [1.29, 1.82) is 0 Å². The van der Waals surface area contributed by atoms with Crippen LogP contribution in [0.15, 0.2) is 23.8 Å². The molecule has 0 saturated heterocycles. The van der Waals surface area contributed by atoms with Gasteiger partial charge >= 0.3 is 5.97 Å². The van der Waals surface area contributed by atoms with E-state index >= 15 is 0 Å². The summed E-state index contributed by atoms with van der Waals surface area (Å²) in [4.78, 5) is 24.1. The number of aliphatic hydroxyl groups is 1. The van der Waals surface area contributed by atoms with Crippen LogP contribution < -0.4 is 0 Å². The van der Waals surface area contributed by atoms with Crippen LogP contribution >= 0.6 is 0 Å². The summed E-state index contributed by atoms with van der Waals surface area (Å²) in [5, 5.41) is 11.7. The number of hydrogen-bond donors (Lipinski definition) is 1. The first-order chi connectivity index (χ1) is 15.2. The van der Waals surface area contributed by atoms with Crippen molar-refractivity contribution in [3.63, 3.8) is 0 Å². The molecule has 4 nitrogen and oxygen atoms in total. The predicted octanol–water partition coefficient (Wildman–Crippen LogP) is 5.50. The van der Waals surface area contributed by atoms with E-state index in [-0.39, 0.29) is 34.6 Å². The fourth-order valence-corrected chi connectivity index (χ4v) is 8.65. The molecular weight excluding hydrogens is 400 g/mol. The predicted molar refractivity (Wildman–Crippen MR) is 126 cm³/mol. The fourth-order valence-electron chi connectivity index (χ4n) is 8.65. The Balaban J connectivity index is 1.62. The number of ether oxygens (including phenoxy) is 1. The quantitative estimate of drug-likeness (QED) is 0.451. The Morgan fingerprint density at radius 3 is 2.66 bits per heavy atom. The average Bonchev–Trinajstić information content (AvgIpc) is 3.11. The van der Waals surface area contributed by atoms with Crippen molar-refractivity contribution in [1.82, 2.24) is 0 Å². The maximum absolute atomic E-state index is 12.3. The smallest absolute Gasteiger partial charge is 0.330 e. The lowest BCUT2D eigenvalue weighted by Crippen LogP contribution is -2.58. The van der Waals surface area contributed by atoms with Gasteiger partial charge in [-0.25, -0.2) is 4.79 Å². The Labute approximate surface area is 193 Å². The maximum atomic E-state index is 12.3. The number of carbonyl (C=O) groups excluding carboxylic acids is 2. The third-order valence-corrected chi connectivity index (χ3v) is 10.2. The summed E-state index contributed by atoms with van der Waals surface area (Å²) >= 11 is 0. The van der Waals surface area contributed by atoms with Gasteiger partial charge in [0.1, 0.15) is 0 Å². The molecule has 2 unspecified atom stereocenters. The zero-order valence-corrected chi connectivity index (χ0v) is 20.6. The zero-order chi connectivity index (χ0) is 23.3. The van der Waals surface area contributed by atoms with Crippen LogP contribution in [0.3, 0.4) is 0 Å². The van der Waals surface area contributed by atoms with Gasteiger partial charge in [-0.05, 0) is 91.9 Å². The van der Waals surface area contributed by atoms with E-state index in [9.17, 15) is 14.7 Å². The van der Waals surface area contributed by atoms with E-state index in [0.29, 0.717) is 42.6 Å². The van der Waals surface area contributed by atoms with Crippen LogP contribution in [0, 0.1) is 46.3 Å². The van der Waals surface area contributed by atoms with Crippen LogP contribution in [0.25, 0.3) is 0 Å². The third kappa shape index (κ3) is 3.61. The number of allylic oxidation sites excluding steroid dienone is 1. The molecule has 0 amide bonds. The van der Waals surface area contributed by atoms with Crippen LogP contribution in [0.5, 0.6) is 0 Å². The summed E-state index contributed by atoms with van der Waals surface area (Å²) in [6.45, 7) is 11.5. The monoisotopic (exact) mass is 442 g/mol. The highest BCUT2D eigenvalue weighted by atomic mass is 16.5. The number of aliphatic hydroxyl groups excluding tert-OH is 1. The van der Waals surface area contributed by atoms with E-state index in [2.05, 4.69) is 27.7 Å². The summed E-state index contributed by atoms with van der Waals surface area (Å²) in [7, 11) is 0. The minimum Gasteiger partial charge on any atom is -0.463 e. The zero-order valence-electron chi connectivity index (χ0n) is 20.6. The number of esters is 1. The van der Waals surface area contributed by atoms with E-state index in [4.69, 9.17) is 4.74 Å². The number of rotatable bonds is 5. The van der Waals surface area contributed by atoms with Crippen molar-refractivity contribution in [2.45, 2.75) is 85.7 Å². The van der Waals surface area contributed by atoms with E-state index in [1.165, 1.54) is 12.0 Å². The molecule has 3 fully saturated rings. The summed E-state index contributed by atoms with van der Waals surface area (Å²) in [5.74, 6) is 2.19. The highest BCUT2D eigenvalue weighted by Gasteiger charge is 2.63. The van der Waals surface area contributed by atoms with Crippen LogP contribution in [-0.2, 0) is 14.3 Å². The Morgan fingerprint density at radius 1 is 1.22 bits per heavy atom. The molecule has 0 radical (unpaired) electrons. The first-order valence-corrected chi connectivity index (χ1v) is 12.9. The second-order valence-corrected chi connectivity index (χ2v) is 11.5. The molecule has 4 heteroatoms. The van der Waals surface area contributed by atoms with Gasteiger partial charge in [0.2, 0.25) is 0 Å². The lowest BCUT2D eigenvalue weighted by atomic mass is 9.43. The van der Waals surface area contributed by atoms with Crippen molar-refractivity contribution in [2.75, 3.05) is 6.61 Å². The molecule has 9 atom stereocenters. The van der Waals surface area contributed by atoms with Gasteiger partial charge in [0.05, 0.1) is 12.7 Å². The largest absolute Gasteiger partial charge is 0.463 e. The van der Waals surface area contributed by atoms with Crippen molar-refractivity contribution < 1.29 is 19.4 Å². The molecule has 0 aliphatic heterocycles. The summed E-state index contributed by atoms with van der Waals surface area (Å²) in [6, 6.07) is 0. The van der Waals surface area contributed by atoms with Crippen LogP contribution in [0.4, 0.5) is 0 Å². The standard InChI is InChI=1S/C28H42O4/c1-6-19-23-16-18(29)12-14-28(23,5)22-13-15-27(4)20(9-10-21(27)25(22)26(19)31)17(3)8-11-24(30)32-7-2/h8,11,16-17,19-22,25-26,31H,6-7,9-10,12-15H2,1-5H3/t17-,19?,20-,21+,22+,25+,26?,27-,28-/m1/s1. The van der Waals surface area contributed by atoms with Crippen LogP contribution in [0.1, 0.15) is 79.6 Å². The van der Waals surface area contributed by atoms with E-state index < -0.39 is 0 Å². The number of carbonyl (C=O) groups is 2. The number of hydrogen-bond acceptors (Lipinski definition) is 4. The molecule has 0 spiro atoms. The lowest BCUT2D eigenvalue weighted by Gasteiger charge is -2.61. The molecule has 0 aromatic rings. The third-order valence-electron chi connectivity index (χ3n) is 10.2. The van der Waals surface area contributed by atoms with Crippen molar-refractivity contribution >= 4 is 11.8 Å². The maximum Gasteiger partial charge on any atom is 0.330 e. The Bertz CT molecular complexity index is 812. The Morgan fingerprint density at radius 2 is 1.97 bits per heavy atom. The van der Waals surface area contributed by atoms with Gasteiger partial charge in [-0.3, -0.25) is 4.79 Å². The molecule has 0 aromatic carbocycles. The molecule has 0 aromatic heterocycles. The Kier molecular flexibility index (Phi) is 6.48. The van der Waals surface area contributed by atoms with Crippen molar-refractivity contribution in [2.24, 2.45) is 46.3 Å². The molecule has 3 saturated carbocycles. The minimum atomic E-state index is -0.357. The molecule has 0 bridgehead atoms. The van der Waals surface area contributed by atoms with Gasteiger partial charge in [0, 0.05) is 18.4 Å². The van der Waals surface area contributed by atoms with Crippen molar-refractivity contribution in [3.05, 3.63) is 23.8 Å². The van der Waals surface area contributed by atoms with Gasteiger partial charge in [-0.1, -0.05) is 39.3 Å². The van der Waals surface area contributed by atoms with E-state index in [0.717, 1.165) is 32.1 Å². The number of ketones is 1. The van der Waals surface area contributed by atoms with Crippen LogP contribution in [-0.4, -0.2) is 29.6 Å². The lowest BCUT2D eigenvalue weighted by molar-refractivity contribution is -0.137. The normalized spacial score (nSPS) is 44.4. The second kappa shape index (κ2) is 8.74. The minimum absolute atomic E-state index is 0.0489. The summed E-state index contributed by atoms with van der Waals surface area (Å²) in [6.07, 6.45) is 12.3. The molecule has 4 rings (SSSR count). The summed E-state index contributed by atoms with van der Waals surface area (Å²) < 4.78 is 5.08. The number of fused-ring (bicyclic) bond motifs is 5. The molecule has 32 heavy (non-hydrogen) atoms. The average molecular weight is 443 g/mol. The highest BCUT2D eigenvalue weighted by Crippen LogP contribution is 2.68. The molecule has 178 valence electrons. The summed E-state index contributed by atoms with van der Waals surface area (Å²) in [5.41, 5.74) is 1.47. The van der Waals surface area contributed by atoms with Gasteiger partial charge in [-0.2, -0.15) is 0 Å². The van der Waals surface area contributed by atoms with E-state index in [1.54, 1.807) is 6.08 Å². The first kappa shape index (κ1) is 23.7. The van der Waals surface area contributed by atoms with Gasteiger partial charge in [0.25, 0.3) is 0 Å². The molecular formula is C28H42O4. The SMILES string of the molecule is CCOC(=O)C=C[C@@H](C)[C@H]1CC[C@H]2[C@@H]3C(O)C(CC)C4=CC(=O)CC[C@]4(C)[C@H]3CC[C@]12C. The van der Waals surface area contributed by atoms with Crippen molar-refractivity contribution in [3.8, 4) is 0 Å². The topological polar surface area (TPSA) is 63.6 Å². The Hall–Kier alpha value is -1.42. The molecule has 1 N–H and O–H groups in total. The first-order valence-electron chi connectivity index (χ1n) is 12.9.